The number of aliphatic hydroxyl groups excluding tert-OH is 1. The molecule has 0 fully saturated rings. The van der Waals surface area contributed by atoms with Gasteiger partial charge in [-0.05, 0) is 46.8 Å². The molecule has 2 heteroatoms. The van der Waals surface area contributed by atoms with Crippen molar-refractivity contribution < 1.29 is 10.2 Å². The molecule has 130 valence electrons. The van der Waals surface area contributed by atoms with Crippen LogP contribution in [0.15, 0.2) is 30.3 Å². The van der Waals surface area contributed by atoms with E-state index in [0.717, 1.165) is 12.0 Å². The number of benzene rings is 1. The van der Waals surface area contributed by atoms with E-state index in [1.807, 2.05) is 18.2 Å². The lowest BCUT2D eigenvalue weighted by Crippen LogP contribution is -2.44. The molecule has 0 aromatic heterocycles. The minimum Gasteiger partial charge on any atom is -0.508 e. The van der Waals surface area contributed by atoms with Crippen LogP contribution in [0.4, 0.5) is 0 Å². The fraction of sp³-hybridized carbons (Fsp3) is 0.619. The highest BCUT2D eigenvalue weighted by atomic mass is 16.3. The molecule has 2 atom stereocenters. The summed E-state index contributed by atoms with van der Waals surface area (Å²) in [7, 11) is 0. The van der Waals surface area contributed by atoms with Gasteiger partial charge in [0.1, 0.15) is 5.75 Å². The molecule has 0 heterocycles. The molecule has 23 heavy (non-hydrogen) atoms. The predicted octanol–water partition coefficient (Wildman–Crippen LogP) is 5.50. The van der Waals surface area contributed by atoms with E-state index in [0.29, 0.717) is 0 Å². The van der Waals surface area contributed by atoms with Crippen molar-refractivity contribution in [1.82, 2.24) is 0 Å². The summed E-state index contributed by atoms with van der Waals surface area (Å²) in [6.45, 7) is 15.4. The lowest BCUT2D eigenvalue weighted by Gasteiger charge is -2.45. The summed E-state index contributed by atoms with van der Waals surface area (Å²) < 4.78 is 0. The van der Waals surface area contributed by atoms with E-state index in [-0.39, 0.29) is 34.5 Å². The second-order valence-corrected chi connectivity index (χ2v) is 8.91. The zero-order chi connectivity index (χ0) is 17.8. The molecule has 0 bridgehead atoms. The highest BCUT2D eigenvalue weighted by Gasteiger charge is 2.41. The Hall–Kier alpha value is -1.28. The highest BCUT2D eigenvalue weighted by molar-refractivity contribution is 5.50. The molecular weight excluding hydrogens is 284 g/mol. The molecule has 2 N–H and O–H groups in total. The van der Waals surface area contributed by atoms with Crippen LogP contribution in [-0.4, -0.2) is 16.3 Å². The standard InChI is InChI=1S/C21H34O2/c1-15(9-8-10-16-11-13-17(22)14-12-16)18(23)19(20(2,3)4)21(5,6)7/h8,10-15,18-19,22-23H,9H2,1-7H3/b10-8+/t15-,18-/m1/s1. The quantitative estimate of drug-likeness (QED) is 0.752. The Bertz CT molecular complexity index is 486. The second kappa shape index (κ2) is 7.53. The molecule has 1 rings (SSSR count). The Morgan fingerprint density at radius 1 is 0.957 bits per heavy atom. The van der Waals surface area contributed by atoms with E-state index >= 15 is 0 Å². The number of aromatic hydroxyl groups is 1. The van der Waals surface area contributed by atoms with Gasteiger partial charge in [0.2, 0.25) is 0 Å². The second-order valence-electron chi connectivity index (χ2n) is 8.91. The van der Waals surface area contributed by atoms with Crippen molar-refractivity contribution in [3.8, 4) is 5.75 Å². The molecule has 0 amide bonds. The van der Waals surface area contributed by atoms with Gasteiger partial charge in [0.15, 0.2) is 0 Å². The maximum absolute atomic E-state index is 10.9. The summed E-state index contributed by atoms with van der Waals surface area (Å²) in [6.07, 6.45) is 4.67. The van der Waals surface area contributed by atoms with Crippen molar-refractivity contribution in [3.63, 3.8) is 0 Å². The fourth-order valence-corrected chi connectivity index (χ4v) is 3.80. The van der Waals surface area contributed by atoms with Crippen molar-refractivity contribution in [1.29, 1.82) is 0 Å². The van der Waals surface area contributed by atoms with Gasteiger partial charge in [-0.25, -0.2) is 0 Å². The minimum atomic E-state index is -0.334. The first kappa shape index (κ1) is 19.8. The predicted molar refractivity (Wildman–Crippen MR) is 99.3 cm³/mol. The summed E-state index contributed by atoms with van der Waals surface area (Å²) >= 11 is 0. The number of hydrogen-bond donors (Lipinski definition) is 2. The largest absolute Gasteiger partial charge is 0.508 e. The number of aliphatic hydroxyl groups is 1. The first-order chi connectivity index (χ1) is 10.4. The molecule has 0 saturated heterocycles. The highest BCUT2D eigenvalue weighted by Crippen LogP contribution is 2.44. The average Bonchev–Trinajstić information content (AvgIpc) is 2.37. The maximum Gasteiger partial charge on any atom is 0.115 e. The third kappa shape index (κ3) is 6.02. The minimum absolute atomic E-state index is 0.0621. The Labute approximate surface area is 142 Å². The molecule has 2 nitrogen and oxygen atoms in total. The van der Waals surface area contributed by atoms with Crippen molar-refractivity contribution in [3.05, 3.63) is 35.9 Å². The van der Waals surface area contributed by atoms with Crippen molar-refractivity contribution >= 4 is 6.08 Å². The normalized spacial score (nSPS) is 16.0. The topological polar surface area (TPSA) is 40.5 Å². The van der Waals surface area contributed by atoms with Crippen molar-refractivity contribution in [2.75, 3.05) is 0 Å². The third-order valence-electron chi connectivity index (χ3n) is 4.50. The molecule has 1 aromatic carbocycles. The Kier molecular flexibility index (Phi) is 6.47. The zero-order valence-corrected chi connectivity index (χ0v) is 15.8. The van der Waals surface area contributed by atoms with Crippen LogP contribution in [0.5, 0.6) is 5.75 Å². The molecule has 0 aliphatic heterocycles. The van der Waals surface area contributed by atoms with E-state index in [2.05, 4.69) is 54.5 Å². The van der Waals surface area contributed by atoms with E-state index in [9.17, 15) is 10.2 Å². The lowest BCUT2D eigenvalue weighted by molar-refractivity contribution is -0.0515. The van der Waals surface area contributed by atoms with Gasteiger partial charge >= 0.3 is 0 Å². The Morgan fingerprint density at radius 3 is 1.87 bits per heavy atom. The van der Waals surface area contributed by atoms with Gasteiger partial charge in [0, 0.05) is 0 Å². The third-order valence-corrected chi connectivity index (χ3v) is 4.50. The molecular formula is C21H34O2. The first-order valence-corrected chi connectivity index (χ1v) is 8.56. The van der Waals surface area contributed by atoms with Gasteiger partial charge in [-0.1, -0.05) is 72.8 Å². The smallest absolute Gasteiger partial charge is 0.115 e. The average molecular weight is 319 g/mol. The molecule has 0 spiro atoms. The van der Waals surface area contributed by atoms with Crippen molar-refractivity contribution in [2.24, 2.45) is 22.7 Å². The van der Waals surface area contributed by atoms with E-state index < -0.39 is 0 Å². The summed E-state index contributed by atoms with van der Waals surface area (Å²) in [5.74, 6) is 0.711. The fourth-order valence-electron chi connectivity index (χ4n) is 3.80. The molecule has 1 aromatic rings. The van der Waals surface area contributed by atoms with Crippen molar-refractivity contribution in [2.45, 2.75) is 61.0 Å². The number of phenols is 1. The molecule has 0 unspecified atom stereocenters. The van der Waals surface area contributed by atoms with Gasteiger partial charge in [-0.2, -0.15) is 0 Å². The SMILES string of the molecule is C[C@H](C/C=C/c1ccc(O)cc1)[C@@H](O)C(C(C)(C)C)C(C)(C)C. The molecule has 0 saturated carbocycles. The van der Waals surface area contributed by atoms with Crippen LogP contribution in [0.1, 0.15) is 60.5 Å². The van der Waals surface area contributed by atoms with Crippen LogP contribution in [0, 0.1) is 22.7 Å². The van der Waals surface area contributed by atoms with Crippen LogP contribution >= 0.6 is 0 Å². The number of phenolic OH excluding ortho intramolecular Hbond substituents is 1. The molecule has 0 aliphatic rings. The summed E-state index contributed by atoms with van der Waals surface area (Å²) in [4.78, 5) is 0. The van der Waals surface area contributed by atoms with Gasteiger partial charge in [-0.15, -0.1) is 0 Å². The van der Waals surface area contributed by atoms with Crippen LogP contribution in [0.3, 0.4) is 0 Å². The van der Waals surface area contributed by atoms with E-state index in [1.54, 1.807) is 12.1 Å². The van der Waals surface area contributed by atoms with Gasteiger partial charge < -0.3 is 10.2 Å². The molecule has 0 aliphatic carbocycles. The van der Waals surface area contributed by atoms with E-state index in [1.165, 1.54) is 0 Å². The molecule has 0 radical (unpaired) electrons. The number of allylic oxidation sites excluding steroid dienone is 1. The lowest BCUT2D eigenvalue weighted by atomic mass is 9.62. The Balaban J connectivity index is 2.75. The van der Waals surface area contributed by atoms with Gasteiger partial charge in [0.25, 0.3) is 0 Å². The van der Waals surface area contributed by atoms with E-state index in [4.69, 9.17) is 0 Å². The summed E-state index contributed by atoms with van der Waals surface area (Å²) in [5.41, 5.74) is 1.19. The monoisotopic (exact) mass is 318 g/mol. The van der Waals surface area contributed by atoms with Crippen LogP contribution in [0.2, 0.25) is 0 Å². The van der Waals surface area contributed by atoms with Crippen LogP contribution in [-0.2, 0) is 0 Å². The maximum atomic E-state index is 10.9. The number of hydrogen-bond acceptors (Lipinski definition) is 2. The van der Waals surface area contributed by atoms with Gasteiger partial charge in [0.05, 0.1) is 6.10 Å². The number of rotatable bonds is 5. The van der Waals surface area contributed by atoms with Crippen LogP contribution in [0.25, 0.3) is 6.08 Å². The first-order valence-electron chi connectivity index (χ1n) is 8.56. The summed E-state index contributed by atoms with van der Waals surface area (Å²) in [5, 5.41) is 20.2. The zero-order valence-electron chi connectivity index (χ0n) is 15.8. The Morgan fingerprint density at radius 2 is 1.43 bits per heavy atom. The van der Waals surface area contributed by atoms with Gasteiger partial charge in [-0.3, -0.25) is 0 Å². The van der Waals surface area contributed by atoms with Crippen LogP contribution < -0.4 is 0 Å². The summed E-state index contributed by atoms with van der Waals surface area (Å²) in [6, 6.07) is 7.15.